The fourth-order valence-corrected chi connectivity index (χ4v) is 5.57. The second-order valence-electron chi connectivity index (χ2n) is 10.4. The Labute approximate surface area is 225 Å². The molecule has 3 aliphatic rings. The first kappa shape index (κ1) is 27.2. The van der Waals surface area contributed by atoms with Crippen molar-refractivity contribution < 1.29 is 27.1 Å². The van der Waals surface area contributed by atoms with Crippen molar-refractivity contribution in [3.8, 4) is 16.9 Å². The van der Waals surface area contributed by atoms with Gasteiger partial charge in [-0.25, -0.2) is 9.37 Å². The third-order valence-electron chi connectivity index (χ3n) is 7.84. The summed E-state index contributed by atoms with van der Waals surface area (Å²) in [5, 5.41) is 0. The van der Waals surface area contributed by atoms with Crippen molar-refractivity contribution in [1.29, 1.82) is 0 Å². The summed E-state index contributed by atoms with van der Waals surface area (Å²) in [7, 11) is 0. The molecule has 2 N–H and O–H groups in total. The molecule has 10 heteroatoms. The van der Waals surface area contributed by atoms with Crippen molar-refractivity contribution in [3.63, 3.8) is 0 Å². The van der Waals surface area contributed by atoms with E-state index in [1.165, 1.54) is 25.1 Å². The summed E-state index contributed by atoms with van der Waals surface area (Å²) in [6.07, 6.45) is 4.90. The molecule has 0 spiro atoms. The van der Waals surface area contributed by atoms with E-state index in [0.29, 0.717) is 17.2 Å². The second kappa shape index (κ2) is 11.0. The van der Waals surface area contributed by atoms with E-state index in [0.717, 1.165) is 56.7 Å². The van der Waals surface area contributed by atoms with Gasteiger partial charge in [-0.05, 0) is 68.6 Å². The average molecular weight is 545 g/mol. The maximum atomic E-state index is 14.8. The number of pyridine rings is 1. The van der Waals surface area contributed by atoms with Crippen LogP contribution in [0.5, 0.6) is 5.75 Å². The molecule has 2 saturated heterocycles. The topological polar surface area (TPSA) is 71.7 Å². The van der Waals surface area contributed by atoms with Gasteiger partial charge < -0.3 is 20.3 Å². The van der Waals surface area contributed by atoms with E-state index in [4.69, 9.17) is 10.5 Å². The number of nitrogens with zero attached hydrogens (tertiary/aromatic N) is 3. The van der Waals surface area contributed by atoms with E-state index in [1.807, 2.05) is 4.90 Å². The van der Waals surface area contributed by atoms with Crippen LogP contribution in [0.3, 0.4) is 0 Å². The zero-order valence-corrected chi connectivity index (χ0v) is 21.5. The first-order chi connectivity index (χ1) is 18.7. The normalized spacial score (nSPS) is 25.4. The molecule has 1 aromatic carbocycles. The summed E-state index contributed by atoms with van der Waals surface area (Å²) in [6, 6.07) is 8.90. The average Bonchev–Trinajstić information content (AvgIpc) is 3.61. The number of amides is 1. The Hall–Kier alpha value is -3.40. The molecule has 6 nitrogen and oxygen atoms in total. The lowest BCUT2D eigenvalue weighted by atomic mass is 9.85. The zero-order valence-electron chi connectivity index (χ0n) is 21.5. The number of likely N-dealkylation sites (tertiary alicyclic amines) is 2. The Morgan fingerprint density at radius 1 is 1.08 bits per heavy atom. The molecule has 0 radical (unpaired) electrons. The minimum Gasteiger partial charge on any atom is -0.489 e. The smallest absolute Gasteiger partial charge is 0.426 e. The number of anilines is 1. The number of alkyl halides is 4. The maximum Gasteiger partial charge on any atom is 0.426 e. The highest BCUT2D eigenvalue weighted by Crippen LogP contribution is 2.43. The van der Waals surface area contributed by atoms with Crippen LogP contribution >= 0.6 is 0 Å². The van der Waals surface area contributed by atoms with E-state index in [1.54, 1.807) is 30.3 Å². The van der Waals surface area contributed by atoms with Crippen LogP contribution in [0.1, 0.15) is 36.0 Å². The van der Waals surface area contributed by atoms with Gasteiger partial charge in [0.2, 0.25) is 5.67 Å². The van der Waals surface area contributed by atoms with Crippen molar-refractivity contribution in [2.75, 3.05) is 38.5 Å². The fraction of sp³-hybridized carbons (Fsp3) is 0.448. The number of hydrogen-bond acceptors (Lipinski definition) is 5. The summed E-state index contributed by atoms with van der Waals surface area (Å²) in [5.74, 6) is -1.52. The highest BCUT2D eigenvalue weighted by Gasteiger charge is 2.59. The molecule has 2 fully saturated rings. The number of hydrogen-bond donors (Lipinski definition) is 1. The fourth-order valence-electron chi connectivity index (χ4n) is 5.57. The van der Waals surface area contributed by atoms with Crippen molar-refractivity contribution in [2.24, 2.45) is 5.92 Å². The van der Waals surface area contributed by atoms with Crippen LogP contribution in [0, 0.1) is 5.92 Å². The van der Waals surface area contributed by atoms with E-state index < -0.39 is 24.4 Å². The molecule has 2 unspecified atom stereocenters. The first-order valence-electron chi connectivity index (χ1n) is 13.3. The van der Waals surface area contributed by atoms with Crippen molar-refractivity contribution in [3.05, 3.63) is 66.4 Å². The van der Waals surface area contributed by atoms with Crippen molar-refractivity contribution in [1.82, 2.24) is 14.8 Å². The minimum atomic E-state index is -5.09. The summed E-state index contributed by atoms with van der Waals surface area (Å²) in [6.45, 7) is 3.29. The molecular formula is C29H32F4N4O2. The number of carbonyl (C=O) groups excluding carboxylic acids is 1. The maximum absolute atomic E-state index is 14.8. The number of rotatable bonds is 7. The summed E-state index contributed by atoms with van der Waals surface area (Å²) >= 11 is 0. The third-order valence-corrected chi connectivity index (χ3v) is 7.84. The van der Waals surface area contributed by atoms with Gasteiger partial charge in [-0.2, -0.15) is 13.2 Å². The van der Waals surface area contributed by atoms with Gasteiger partial charge in [-0.3, -0.25) is 4.79 Å². The predicted molar refractivity (Wildman–Crippen MR) is 141 cm³/mol. The number of carbonyl (C=O) groups is 1. The third kappa shape index (κ3) is 5.66. The molecule has 3 heterocycles. The number of nitrogen functional groups attached to an aromatic ring is 1. The van der Waals surface area contributed by atoms with E-state index in [2.05, 4.69) is 9.88 Å². The zero-order chi connectivity index (χ0) is 27.6. The van der Waals surface area contributed by atoms with Crippen molar-refractivity contribution >= 4 is 11.7 Å². The highest BCUT2D eigenvalue weighted by atomic mass is 19.4. The van der Waals surface area contributed by atoms with Gasteiger partial charge in [-0.15, -0.1) is 0 Å². The molecule has 3 atom stereocenters. The van der Waals surface area contributed by atoms with Gasteiger partial charge in [-0.1, -0.05) is 30.4 Å². The standard InChI is InChI=1S/C29H32F4N4O2/c30-28(29(31,32)33)12-2-1-6-23(28)19-39-25-16-22(17-35-26(25)34)20-8-10-21(11-9-20)27(38)37-15-5-7-24(37)18-36-13-3-4-14-36/h1-2,6,8-12,16-17,23-24H,3-5,7,13-15,18-19H2,(H2,34,35)/t23?,24-,28?/m1/s1. The van der Waals surface area contributed by atoms with E-state index in [-0.39, 0.29) is 23.5 Å². The monoisotopic (exact) mass is 544 g/mol. The lowest BCUT2D eigenvalue weighted by molar-refractivity contribution is -0.226. The molecule has 0 bridgehead atoms. The Morgan fingerprint density at radius 3 is 2.54 bits per heavy atom. The number of allylic oxidation sites excluding steroid dienone is 3. The summed E-state index contributed by atoms with van der Waals surface area (Å²) in [4.78, 5) is 21.8. The van der Waals surface area contributed by atoms with Crippen LogP contribution in [0.25, 0.3) is 11.1 Å². The molecule has 1 aromatic heterocycles. The number of nitrogens with two attached hydrogens (primary N) is 1. The Kier molecular flexibility index (Phi) is 7.66. The number of benzene rings is 1. The Balaban J connectivity index is 1.26. The molecular weight excluding hydrogens is 512 g/mol. The largest absolute Gasteiger partial charge is 0.489 e. The van der Waals surface area contributed by atoms with Gasteiger partial charge in [0.25, 0.3) is 5.91 Å². The minimum absolute atomic E-state index is 0.0108. The van der Waals surface area contributed by atoms with Crippen LogP contribution in [0.2, 0.25) is 0 Å². The molecule has 0 saturated carbocycles. The van der Waals surface area contributed by atoms with Crippen LogP contribution in [-0.2, 0) is 0 Å². The lowest BCUT2D eigenvalue weighted by Gasteiger charge is -2.32. The molecule has 5 rings (SSSR count). The van der Waals surface area contributed by atoms with Gasteiger partial charge in [0.1, 0.15) is 0 Å². The molecule has 1 amide bonds. The molecule has 2 aromatic rings. The molecule has 2 aliphatic heterocycles. The van der Waals surface area contributed by atoms with Gasteiger partial charge >= 0.3 is 6.18 Å². The van der Waals surface area contributed by atoms with Crippen LogP contribution < -0.4 is 10.5 Å². The van der Waals surface area contributed by atoms with E-state index in [9.17, 15) is 22.4 Å². The number of halogens is 4. The van der Waals surface area contributed by atoms with Gasteiger partial charge in [0.05, 0.1) is 12.5 Å². The Bertz CT molecular complexity index is 1240. The SMILES string of the molecule is Nc1ncc(-c2ccc(C(=O)N3CCC[C@@H]3CN3CCCC3)cc2)cc1OCC1C=CC=CC1(F)C(F)(F)F. The molecule has 39 heavy (non-hydrogen) atoms. The Morgan fingerprint density at radius 2 is 1.82 bits per heavy atom. The lowest BCUT2D eigenvalue weighted by Crippen LogP contribution is -2.48. The highest BCUT2D eigenvalue weighted by molar-refractivity contribution is 5.95. The quantitative estimate of drug-likeness (QED) is 0.471. The van der Waals surface area contributed by atoms with Gasteiger partial charge in [0, 0.05) is 36.5 Å². The first-order valence-corrected chi connectivity index (χ1v) is 13.3. The van der Waals surface area contributed by atoms with Crippen LogP contribution in [-0.4, -0.2) is 71.4 Å². The van der Waals surface area contributed by atoms with E-state index >= 15 is 0 Å². The summed E-state index contributed by atoms with van der Waals surface area (Å²) in [5.41, 5.74) is 4.30. The van der Waals surface area contributed by atoms with Crippen LogP contribution in [0.15, 0.2) is 60.8 Å². The van der Waals surface area contributed by atoms with Crippen LogP contribution in [0.4, 0.5) is 23.4 Å². The van der Waals surface area contributed by atoms with Crippen molar-refractivity contribution in [2.45, 2.75) is 43.6 Å². The second-order valence-corrected chi connectivity index (χ2v) is 10.4. The summed E-state index contributed by atoms with van der Waals surface area (Å²) < 4.78 is 60.5. The predicted octanol–water partition coefficient (Wildman–Crippen LogP) is 5.42. The van der Waals surface area contributed by atoms with Gasteiger partial charge in [0.15, 0.2) is 11.6 Å². The number of aromatic nitrogens is 1. The molecule has 208 valence electrons. The molecule has 1 aliphatic carbocycles. The number of ether oxygens (including phenoxy) is 1.